The summed E-state index contributed by atoms with van der Waals surface area (Å²) in [7, 11) is 0. The van der Waals surface area contributed by atoms with Gasteiger partial charge in [0.15, 0.2) is 0 Å². The molecule has 0 saturated heterocycles. The predicted molar refractivity (Wildman–Crippen MR) is 125 cm³/mol. The average molecular weight is 391 g/mol. The van der Waals surface area contributed by atoms with Crippen molar-refractivity contribution in [1.82, 2.24) is 20.5 Å². The van der Waals surface area contributed by atoms with Crippen LogP contribution in [-0.2, 0) is 0 Å². The zero-order valence-corrected chi connectivity index (χ0v) is 16.4. The molecule has 4 rings (SSSR count). The third kappa shape index (κ3) is 4.23. The molecule has 2 aromatic carbocycles. The first-order valence-corrected chi connectivity index (χ1v) is 9.54. The van der Waals surface area contributed by atoms with Gasteiger partial charge < -0.3 is 10.6 Å². The topological polar surface area (TPSA) is 65.6 Å². The Morgan fingerprint density at radius 1 is 1.10 bits per heavy atom. The molecule has 2 aromatic heterocycles. The first-order chi connectivity index (χ1) is 14.7. The Kier molecular flexibility index (Phi) is 5.59. The summed E-state index contributed by atoms with van der Waals surface area (Å²) >= 11 is 0. The van der Waals surface area contributed by atoms with Crippen LogP contribution in [0.15, 0.2) is 73.4 Å². The summed E-state index contributed by atoms with van der Waals surface area (Å²) in [6.07, 6.45) is 11.0. The first kappa shape index (κ1) is 19.0. The number of aromatic amines is 1. The van der Waals surface area contributed by atoms with Crippen molar-refractivity contribution in [2.75, 3.05) is 11.9 Å². The molecule has 2 heterocycles. The molecular weight excluding hydrogens is 370 g/mol. The number of anilines is 2. The van der Waals surface area contributed by atoms with E-state index in [0.29, 0.717) is 6.54 Å². The zero-order valence-electron chi connectivity index (χ0n) is 16.4. The third-order valence-electron chi connectivity index (χ3n) is 4.63. The van der Waals surface area contributed by atoms with Crippen molar-refractivity contribution in [2.24, 2.45) is 0 Å². The van der Waals surface area contributed by atoms with Gasteiger partial charge in [0, 0.05) is 34.2 Å². The van der Waals surface area contributed by atoms with Crippen molar-refractivity contribution in [3.05, 3.63) is 90.4 Å². The van der Waals surface area contributed by atoms with Crippen LogP contribution in [0.4, 0.5) is 11.4 Å². The van der Waals surface area contributed by atoms with Crippen LogP contribution in [0, 0.1) is 12.3 Å². The molecule has 4 aromatic rings. The average Bonchev–Trinajstić information content (AvgIpc) is 3.19. The fourth-order valence-electron chi connectivity index (χ4n) is 3.15. The summed E-state index contributed by atoms with van der Waals surface area (Å²) in [5.41, 5.74) is 6.35. The molecule has 0 radical (unpaired) electrons. The third-order valence-corrected chi connectivity index (χ3v) is 4.63. The van der Waals surface area contributed by atoms with Gasteiger partial charge in [-0.15, -0.1) is 6.42 Å². The van der Waals surface area contributed by atoms with Crippen LogP contribution < -0.4 is 10.6 Å². The van der Waals surface area contributed by atoms with Crippen molar-refractivity contribution < 1.29 is 0 Å². The molecule has 3 N–H and O–H groups in total. The van der Waals surface area contributed by atoms with E-state index in [4.69, 9.17) is 6.42 Å². The minimum absolute atomic E-state index is 0.433. The molecule has 0 bridgehead atoms. The highest BCUT2D eigenvalue weighted by Gasteiger charge is 2.08. The smallest absolute Gasteiger partial charge is 0.0928 e. The Labute approximate surface area is 175 Å². The monoisotopic (exact) mass is 391 g/mol. The standard InChI is InChI=1S/C25H21N5/c1-3-15-26-18(2)21-9-4-5-10-23(21)28-20-11-13-22-24(29-30-25(22)17-20)14-12-19-8-6-7-16-27-19/h1,4-14,16-17,26,28H,2,15H2,(H,29,30)/b14-12+. The van der Waals surface area contributed by atoms with Crippen LogP contribution in [0.1, 0.15) is 17.0 Å². The van der Waals surface area contributed by atoms with E-state index >= 15 is 0 Å². The van der Waals surface area contributed by atoms with Gasteiger partial charge in [-0.1, -0.05) is 36.8 Å². The van der Waals surface area contributed by atoms with E-state index < -0.39 is 0 Å². The largest absolute Gasteiger partial charge is 0.374 e. The number of aromatic nitrogens is 3. The summed E-state index contributed by atoms with van der Waals surface area (Å²) in [6.45, 7) is 4.52. The highest BCUT2D eigenvalue weighted by atomic mass is 15.1. The molecule has 0 atom stereocenters. The predicted octanol–water partition coefficient (Wildman–Crippen LogP) is 5.07. The molecule has 146 valence electrons. The van der Waals surface area contributed by atoms with Crippen LogP contribution in [0.5, 0.6) is 0 Å². The van der Waals surface area contributed by atoms with Crippen molar-refractivity contribution in [1.29, 1.82) is 0 Å². The Hall–Kier alpha value is -4.30. The van der Waals surface area contributed by atoms with Crippen LogP contribution >= 0.6 is 0 Å². The van der Waals surface area contributed by atoms with Crippen molar-refractivity contribution >= 4 is 40.1 Å². The molecule has 30 heavy (non-hydrogen) atoms. The number of terminal acetylenes is 1. The molecule has 5 nitrogen and oxygen atoms in total. The van der Waals surface area contributed by atoms with E-state index in [1.165, 1.54) is 0 Å². The van der Waals surface area contributed by atoms with Gasteiger partial charge in [-0.2, -0.15) is 5.10 Å². The minimum atomic E-state index is 0.433. The highest BCUT2D eigenvalue weighted by molar-refractivity contribution is 5.92. The van der Waals surface area contributed by atoms with E-state index in [2.05, 4.69) is 38.3 Å². The molecule has 0 aliphatic heterocycles. The number of benzene rings is 2. The molecular formula is C25H21N5. The molecule has 0 unspecified atom stereocenters. The van der Waals surface area contributed by atoms with Gasteiger partial charge in [0.25, 0.3) is 0 Å². The van der Waals surface area contributed by atoms with E-state index in [0.717, 1.165) is 44.9 Å². The van der Waals surface area contributed by atoms with E-state index in [-0.39, 0.29) is 0 Å². The van der Waals surface area contributed by atoms with Gasteiger partial charge in [-0.3, -0.25) is 10.1 Å². The summed E-state index contributed by atoms with van der Waals surface area (Å²) in [6, 6.07) is 19.9. The molecule has 0 fully saturated rings. The first-order valence-electron chi connectivity index (χ1n) is 9.54. The Morgan fingerprint density at radius 2 is 1.97 bits per heavy atom. The minimum Gasteiger partial charge on any atom is -0.374 e. The van der Waals surface area contributed by atoms with Crippen LogP contribution in [0.25, 0.3) is 28.8 Å². The Morgan fingerprint density at radius 3 is 2.80 bits per heavy atom. The van der Waals surface area contributed by atoms with Crippen LogP contribution in [0.3, 0.4) is 0 Å². The van der Waals surface area contributed by atoms with Gasteiger partial charge in [0.1, 0.15) is 0 Å². The van der Waals surface area contributed by atoms with Crippen molar-refractivity contribution in [3.8, 4) is 12.3 Å². The normalized spacial score (nSPS) is 10.8. The molecule has 0 saturated carbocycles. The lowest BCUT2D eigenvalue weighted by atomic mass is 10.1. The molecule has 0 spiro atoms. The van der Waals surface area contributed by atoms with Crippen LogP contribution in [-0.4, -0.2) is 21.7 Å². The number of para-hydroxylation sites is 1. The molecule has 0 amide bonds. The SMILES string of the molecule is C#CCNC(=C)c1ccccc1Nc1ccc2c(/C=C/c3ccccn3)n[nH]c2c1. The maximum Gasteiger partial charge on any atom is 0.0928 e. The van der Waals surface area contributed by atoms with Gasteiger partial charge in [0.2, 0.25) is 0 Å². The number of rotatable bonds is 7. The van der Waals surface area contributed by atoms with E-state index in [1.807, 2.05) is 72.8 Å². The highest BCUT2D eigenvalue weighted by Crippen LogP contribution is 2.27. The summed E-state index contributed by atoms with van der Waals surface area (Å²) in [4.78, 5) is 4.30. The second kappa shape index (κ2) is 8.80. The summed E-state index contributed by atoms with van der Waals surface area (Å²) in [5.74, 6) is 2.57. The molecule has 0 aliphatic rings. The van der Waals surface area contributed by atoms with Gasteiger partial charge in [0.05, 0.1) is 23.4 Å². The number of nitrogens with zero attached hydrogens (tertiary/aromatic N) is 2. The Bertz CT molecular complexity index is 1250. The van der Waals surface area contributed by atoms with Crippen molar-refractivity contribution in [3.63, 3.8) is 0 Å². The summed E-state index contributed by atoms with van der Waals surface area (Å²) < 4.78 is 0. The summed E-state index contributed by atoms with van der Waals surface area (Å²) in [5, 5.41) is 15.2. The van der Waals surface area contributed by atoms with Gasteiger partial charge in [-0.25, -0.2) is 0 Å². The number of fused-ring (bicyclic) bond motifs is 1. The number of hydrogen-bond donors (Lipinski definition) is 3. The lowest BCUT2D eigenvalue weighted by molar-refractivity contribution is 1.04. The van der Waals surface area contributed by atoms with Crippen LogP contribution in [0.2, 0.25) is 0 Å². The number of hydrogen-bond acceptors (Lipinski definition) is 4. The maximum atomic E-state index is 5.34. The fourth-order valence-corrected chi connectivity index (χ4v) is 3.15. The maximum absolute atomic E-state index is 5.34. The quantitative estimate of drug-likeness (QED) is 0.385. The molecule has 0 aliphatic carbocycles. The van der Waals surface area contributed by atoms with Crippen molar-refractivity contribution in [2.45, 2.75) is 0 Å². The lowest BCUT2D eigenvalue weighted by Gasteiger charge is -2.14. The fraction of sp³-hybridized carbons (Fsp3) is 0.0400. The van der Waals surface area contributed by atoms with E-state index in [1.54, 1.807) is 6.20 Å². The second-order valence-electron chi connectivity index (χ2n) is 6.66. The zero-order chi connectivity index (χ0) is 20.8. The lowest BCUT2D eigenvalue weighted by Crippen LogP contribution is -2.12. The molecule has 5 heteroatoms. The van der Waals surface area contributed by atoms with Gasteiger partial charge in [-0.05, 0) is 48.6 Å². The Balaban J connectivity index is 1.57. The van der Waals surface area contributed by atoms with Gasteiger partial charge >= 0.3 is 0 Å². The van der Waals surface area contributed by atoms with E-state index in [9.17, 15) is 0 Å². The second-order valence-corrected chi connectivity index (χ2v) is 6.66. The number of H-pyrrole nitrogens is 1. The number of pyridine rings is 1. The number of nitrogens with one attached hydrogen (secondary N) is 3.